The molecule has 2 aromatic rings. The van der Waals surface area contributed by atoms with Gasteiger partial charge < -0.3 is 5.32 Å². The van der Waals surface area contributed by atoms with E-state index >= 15 is 0 Å². The van der Waals surface area contributed by atoms with Gasteiger partial charge in [-0.1, -0.05) is 50.2 Å². The third-order valence-corrected chi connectivity index (χ3v) is 5.03. The van der Waals surface area contributed by atoms with E-state index in [9.17, 15) is 18.8 Å². The predicted octanol–water partition coefficient (Wildman–Crippen LogP) is 3.43. The number of ketones is 1. The molecule has 0 unspecified atom stereocenters. The number of nitrogens with one attached hydrogen (secondary N) is 1. The van der Waals surface area contributed by atoms with Crippen LogP contribution in [0.3, 0.4) is 0 Å². The Morgan fingerprint density at radius 2 is 1.67 bits per heavy atom. The van der Waals surface area contributed by atoms with Crippen LogP contribution >= 0.6 is 0 Å². The Balaban J connectivity index is 1.84. The fourth-order valence-electron chi connectivity index (χ4n) is 3.30. The van der Waals surface area contributed by atoms with Gasteiger partial charge in [0.2, 0.25) is 0 Å². The number of nitrogens with zero attached hydrogens (tertiary/aromatic N) is 1. The minimum atomic E-state index is -1.28. The summed E-state index contributed by atoms with van der Waals surface area (Å²) in [5, 5.41) is 2.69. The molecule has 1 saturated heterocycles. The molecule has 0 spiro atoms. The zero-order valence-corrected chi connectivity index (χ0v) is 15.3. The number of Topliss-reactive ketones (excluding diaryl/α,β-unsaturated/α-hetero) is 1. The molecule has 3 amide bonds. The van der Waals surface area contributed by atoms with Crippen LogP contribution in [0, 0.1) is 5.82 Å². The lowest BCUT2D eigenvalue weighted by Crippen LogP contribution is -2.43. The Bertz CT molecular complexity index is 877. The second kappa shape index (κ2) is 7.31. The van der Waals surface area contributed by atoms with Crippen molar-refractivity contribution in [3.63, 3.8) is 0 Å². The lowest BCUT2D eigenvalue weighted by molar-refractivity contribution is -0.131. The highest BCUT2D eigenvalue weighted by molar-refractivity contribution is 6.11. The van der Waals surface area contributed by atoms with Crippen LogP contribution < -0.4 is 5.32 Å². The zero-order chi connectivity index (χ0) is 19.6. The van der Waals surface area contributed by atoms with E-state index in [1.165, 1.54) is 24.3 Å². The van der Waals surface area contributed by atoms with Gasteiger partial charge in [-0.2, -0.15) is 0 Å². The summed E-state index contributed by atoms with van der Waals surface area (Å²) in [4.78, 5) is 38.9. The van der Waals surface area contributed by atoms with Crippen LogP contribution in [0.25, 0.3) is 0 Å². The van der Waals surface area contributed by atoms with Crippen molar-refractivity contribution in [1.29, 1.82) is 0 Å². The molecule has 27 heavy (non-hydrogen) atoms. The fourth-order valence-corrected chi connectivity index (χ4v) is 3.30. The third-order valence-electron chi connectivity index (χ3n) is 5.03. The maximum Gasteiger partial charge on any atom is 0.325 e. The molecule has 1 N–H and O–H groups in total. The van der Waals surface area contributed by atoms with Gasteiger partial charge >= 0.3 is 6.03 Å². The van der Waals surface area contributed by atoms with Crippen LogP contribution in [0.5, 0.6) is 0 Å². The molecule has 0 saturated carbocycles. The molecular weight excluding hydrogens is 347 g/mol. The van der Waals surface area contributed by atoms with E-state index in [1.54, 1.807) is 19.1 Å². The van der Waals surface area contributed by atoms with Gasteiger partial charge in [-0.3, -0.25) is 14.5 Å². The largest absolute Gasteiger partial charge is 0.325 e. The number of urea groups is 1. The first kappa shape index (κ1) is 18.8. The molecule has 2 aromatic carbocycles. The Labute approximate surface area is 157 Å². The quantitative estimate of drug-likeness (QED) is 0.627. The average molecular weight is 368 g/mol. The predicted molar refractivity (Wildman–Crippen MR) is 98.8 cm³/mol. The van der Waals surface area contributed by atoms with Crippen molar-refractivity contribution < 1.29 is 18.8 Å². The molecule has 0 bridgehead atoms. The standard InChI is InChI=1S/C21H21FN2O3/c1-3-14-5-7-15(8-6-14)18(25)13-24-19(26)21(4-2,23-20(24)27)16-9-11-17(22)12-10-16/h5-12H,3-4,13H2,1-2H3,(H,23,27)/t21-/m0/s1. The highest BCUT2D eigenvalue weighted by Crippen LogP contribution is 2.32. The summed E-state index contributed by atoms with van der Waals surface area (Å²) in [5.74, 6) is -1.24. The molecule has 0 aliphatic carbocycles. The van der Waals surface area contributed by atoms with Gasteiger partial charge in [0.1, 0.15) is 11.4 Å². The van der Waals surface area contributed by atoms with Crippen molar-refractivity contribution in [2.45, 2.75) is 32.2 Å². The number of hydrogen-bond acceptors (Lipinski definition) is 3. The summed E-state index contributed by atoms with van der Waals surface area (Å²) in [6.45, 7) is 3.44. The van der Waals surface area contributed by atoms with E-state index in [4.69, 9.17) is 0 Å². The van der Waals surface area contributed by atoms with Gasteiger partial charge in [0.25, 0.3) is 5.91 Å². The minimum Gasteiger partial charge on any atom is -0.319 e. The number of amides is 3. The molecule has 3 rings (SSSR count). The smallest absolute Gasteiger partial charge is 0.319 e. The molecule has 1 atom stereocenters. The Morgan fingerprint density at radius 1 is 1.04 bits per heavy atom. The first-order valence-electron chi connectivity index (χ1n) is 8.93. The van der Waals surface area contributed by atoms with Gasteiger partial charge in [-0.05, 0) is 36.1 Å². The molecule has 1 fully saturated rings. The Hall–Kier alpha value is -3.02. The summed E-state index contributed by atoms with van der Waals surface area (Å²) >= 11 is 0. The third kappa shape index (κ3) is 3.35. The van der Waals surface area contributed by atoms with Crippen molar-refractivity contribution in [2.24, 2.45) is 0 Å². The molecule has 6 heteroatoms. The van der Waals surface area contributed by atoms with Gasteiger partial charge in [-0.15, -0.1) is 0 Å². The van der Waals surface area contributed by atoms with Crippen LogP contribution in [0.1, 0.15) is 41.8 Å². The maximum absolute atomic E-state index is 13.2. The number of aryl methyl sites for hydroxylation is 1. The average Bonchev–Trinajstić information content (AvgIpc) is 2.93. The first-order valence-corrected chi connectivity index (χ1v) is 8.93. The van der Waals surface area contributed by atoms with Crippen LogP contribution in [-0.2, 0) is 16.8 Å². The van der Waals surface area contributed by atoms with Gasteiger partial charge in [0.15, 0.2) is 5.78 Å². The van der Waals surface area contributed by atoms with Gasteiger partial charge in [-0.25, -0.2) is 9.18 Å². The van der Waals surface area contributed by atoms with E-state index in [1.807, 2.05) is 19.1 Å². The van der Waals surface area contributed by atoms with Gasteiger partial charge in [0, 0.05) is 5.56 Å². The van der Waals surface area contributed by atoms with E-state index < -0.39 is 23.3 Å². The van der Waals surface area contributed by atoms with Crippen LogP contribution in [0.2, 0.25) is 0 Å². The van der Waals surface area contributed by atoms with E-state index in [0.717, 1.165) is 16.9 Å². The van der Waals surface area contributed by atoms with Crippen molar-refractivity contribution in [1.82, 2.24) is 10.2 Å². The van der Waals surface area contributed by atoms with E-state index in [0.29, 0.717) is 17.5 Å². The molecule has 140 valence electrons. The molecule has 0 radical (unpaired) electrons. The Morgan fingerprint density at radius 3 is 2.22 bits per heavy atom. The van der Waals surface area contributed by atoms with Crippen molar-refractivity contribution in [3.05, 3.63) is 71.0 Å². The maximum atomic E-state index is 13.2. The number of hydrogen-bond donors (Lipinski definition) is 1. The Kier molecular flexibility index (Phi) is 5.08. The highest BCUT2D eigenvalue weighted by atomic mass is 19.1. The zero-order valence-electron chi connectivity index (χ0n) is 15.3. The van der Waals surface area contributed by atoms with Crippen molar-refractivity contribution in [2.75, 3.05) is 6.54 Å². The second-order valence-electron chi connectivity index (χ2n) is 6.56. The molecule has 0 aromatic heterocycles. The molecule has 1 heterocycles. The van der Waals surface area contributed by atoms with Crippen LogP contribution in [-0.4, -0.2) is 29.2 Å². The monoisotopic (exact) mass is 368 g/mol. The van der Waals surface area contributed by atoms with Gasteiger partial charge in [0.05, 0.1) is 6.54 Å². The molecule has 1 aliphatic heterocycles. The summed E-state index contributed by atoms with van der Waals surface area (Å²) < 4.78 is 13.2. The SMILES string of the molecule is CCc1ccc(C(=O)CN2C(=O)N[C@@](CC)(c3ccc(F)cc3)C2=O)cc1. The summed E-state index contributed by atoms with van der Waals surface area (Å²) in [7, 11) is 0. The lowest BCUT2D eigenvalue weighted by Gasteiger charge is -2.25. The van der Waals surface area contributed by atoms with Crippen molar-refractivity contribution >= 4 is 17.7 Å². The van der Waals surface area contributed by atoms with E-state index in [2.05, 4.69) is 5.32 Å². The van der Waals surface area contributed by atoms with E-state index in [-0.39, 0.29) is 12.3 Å². The summed E-state index contributed by atoms with van der Waals surface area (Å²) in [6, 6.07) is 11.9. The first-order chi connectivity index (χ1) is 12.9. The van der Waals surface area contributed by atoms with Crippen LogP contribution in [0.4, 0.5) is 9.18 Å². The number of halogens is 1. The second-order valence-corrected chi connectivity index (χ2v) is 6.56. The number of carbonyl (C=O) groups excluding carboxylic acids is 3. The van der Waals surface area contributed by atoms with Crippen molar-refractivity contribution in [3.8, 4) is 0 Å². The molecular formula is C21H21FN2O3. The lowest BCUT2D eigenvalue weighted by atomic mass is 9.87. The normalized spacial score (nSPS) is 19.3. The number of benzene rings is 2. The fraction of sp³-hybridized carbons (Fsp3) is 0.286. The number of rotatable bonds is 6. The number of imide groups is 1. The number of carbonyl (C=O) groups is 3. The topological polar surface area (TPSA) is 66.5 Å². The summed E-state index contributed by atoms with van der Waals surface area (Å²) in [5.41, 5.74) is 0.760. The molecule has 5 nitrogen and oxygen atoms in total. The highest BCUT2D eigenvalue weighted by Gasteiger charge is 2.51. The minimum absolute atomic E-state index is 0.291. The van der Waals surface area contributed by atoms with Crippen LogP contribution in [0.15, 0.2) is 48.5 Å². The summed E-state index contributed by atoms with van der Waals surface area (Å²) in [6.07, 6.45) is 1.15. The molecule has 1 aliphatic rings.